The SMILES string of the molecule is O=C(COC(=O)/C=C/c1ccccc1F)Nc1ccc(Cl)cc1Cl. The highest BCUT2D eigenvalue weighted by atomic mass is 35.5. The molecule has 0 spiro atoms. The Bertz CT molecular complexity index is 793. The van der Waals surface area contributed by atoms with Gasteiger partial charge in [-0.3, -0.25) is 4.79 Å². The van der Waals surface area contributed by atoms with E-state index in [1.165, 1.54) is 36.4 Å². The number of hydrogen-bond donors (Lipinski definition) is 1. The van der Waals surface area contributed by atoms with E-state index in [0.717, 1.165) is 6.08 Å². The summed E-state index contributed by atoms with van der Waals surface area (Å²) in [7, 11) is 0. The molecule has 0 atom stereocenters. The maximum atomic E-state index is 13.4. The zero-order valence-electron chi connectivity index (χ0n) is 12.3. The van der Waals surface area contributed by atoms with Gasteiger partial charge in [-0.05, 0) is 30.3 Å². The minimum atomic E-state index is -0.768. The number of amides is 1. The van der Waals surface area contributed by atoms with Gasteiger partial charge in [-0.1, -0.05) is 41.4 Å². The molecule has 0 radical (unpaired) electrons. The standard InChI is InChI=1S/C17H12Cl2FNO3/c18-12-6-7-15(13(19)9-12)21-16(22)10-24-17(23)8-5-11-3-1-2-4-14(11)20/h1-9H,10H2,(H,21,22)/b8-5+. The summed E-state index contributed by atoms with van der Waals surface area (Å²) < 4.78 is 18.1. The third-order valence-corrected chi connectivity index (χ3v) is 3.40. The van der Waals surface area contributed by atoms with Crippen LogP contribution in [0, 0.1) is 5.82 Å². The van der Waals surface area contributed by atoms with Crippen molar-refractivity contribution in [3.05, 3.63) is 70.0 Å². The zero-order valence-corrected chi connectivity index (χ0v) is 13.8. The molecule has 1 N–H and O–H groups in total. The fourth-order valence-electron chi connectivity index (χ4n) is 1.73. The molecule has 2 aromatic rings. The molecule has 0 heterocycles. The summed E-state index contributed by atoms with van der Waals surface area (Å²) in [6.07, 6.45) is 2.31. The van der Waals surface area contributed by atoms with Gasteiger partial charge in [0.1, 0.15) is 5.82 Å². The first kappa shape index (κ1) is 18.0. The minimum absolute atomic E-state index is 0.242. The van der Waals surface area contributed by atoms with Crippen molar-refractivity contribution in [3.63, 3.8) is 0 Å². The van der Waals surface area contributed by atoms with Gasteiger partial charge in [0.15, 0.2) is 6.61 Å². The van der Waals surface area contributed by atoms with Crippen LogP contribution in [-0.2, 0) is 14.3 Å². The van der Waals surface area contributed by atoms with E-state index in [2.05, 4.69) is 5.32 Å². The summed E-state index contributed by atoms with van der Waals surface area (Å²) in [4.78, 5) is 23.3. The predicted molar refractivity (Wildman–Crippen MR) is 91.5 cm³/mol. The lowest BCUT2D eigenvalue weighted by atomic mass is 10.2. The number of hydrogen-bond acceptors (Lipinski definition) is 3. The van der Waals surface area contributed by atoms with E-state index in [1.54, 1.807) is 12.1 Å². The largest absolute Gasteiger partial charge is 0.452 e. The molecule has 124 valence electrons. The van der Waals surface area contributed by atoms with Gasteiger partial charge in [0, 0.05) is 16.7 Å². The second-order valence-electron chi connectivity index (χ2n) is 4.63. The van der Waals surface area contributed by atoms with Gasteiger partial charge in [-0.15, -0.1) is 0 Å². The Labute approximate surface area is 147 Å². The van der Waals surface area contributed by atoms with Gasteiger partial charge in [0.05, 0.1) is 10.7 Å². The van der Waals surface area contributed by atoms with E-state index in [9.17, 15) is 14.0 Å². The van der Waals surface area contributed by atoms with Crippen molar-refractivity contribution in [2.45, 2.75) is 0 Å². The Kier molecular flexibility index (Phi) is 6.35. The van der Waals surface area contributed by atoms with Crippen LogP contribution in [0.15, 0.2) is 48.5 Å². The van der Waals surface area contributed by atoms with Crippen molar-refractivity contribution in [2.24, 2.45) is 0 Å². The van der Waals surface area contributed by atoms with Crippen molar-refractivity contribution in [1.82, 2.24) is 0 Å². The van der Waals surface area contributed by atoms with Crippen LogP contribution in [0.4, 0.5) is 10.1 Å². The topological polar surface area (TPSA) is 55.4 Å². The Hall–Kier alpha value is -2.37. The molecule has 4 nitrogen and oxygen atoms in total. The first-order chi connectivity index (χ1) is 11.5. The van der Waals surface area contributed by atoms with Crippen LogP contribution in [0.1, 0.15) is 5.56 Å². The van der Waals surface area contributed by atoms with Crippen LogP contribution in [0.25, 0.3) is 6.08 Å². The first-order valence-electron chi connectivity index (χ1n) is 6.80. The Morgan fingerprint density at radius 1 is 1.17 bits per heavy atom. The van der Waals surface area contributed by atoms with Crippen LogP contribution in [0.2, 0.25) is 10.0 Å². The van der Waals surface area contributed by atoms with E-state index in [0.29, 0.717) is 10.7 Å². The summed E-state index contributed by atoms with van der Waals surface area (Å²) in [6, 6.07) is 10.5. The highest BCUT2D eigenvalue weighted by molar-refractivity contribution is 6.36. The maximum absolute atomic E-state index is 13.4. The predicted octanol–water partition coefficient (Wildman–Crippen LogP) is 4.33. The van der Waals surface area contributed by atoms with E-state index in [1.807, 2.05) is 0 Å². The highest BCUT2D eigenvalue weighted by Crippen LogP contribution is 2.25. The molecule has 0 aliphatic rings. The van der Waals surface area contributed by atoms with Crippen molar-refractivity contribution in [2.75, 3.05) is 11.9 Å². The van der Waals surface area contributed by atoms with Crippen LogP contribution in [-0.4, -0.2) is 18.5 Å². The van der Waals surface area contributed by atoms with Crippen LogP contribution >= 0.6 is 23.2 Å². The molecule has 0 saturated carbocycles. The molecule has 0 aromatic heterocycles. The molecule has 0 unspecified atom stereocenters. The van der Waals surface area contributed by atoms with Crippen molar-refractivity contribution < 1.29 is 18.7 Å². The molecular formula is C17H12Cl2FNO3. The fourth-order valence-corrected chi connectivity index (χ4v) is 2.19. The Morgan fingerprint density at radius 3 is 2.62 bits per heavy atom. The third kappa shape index (κ3) is 5.37. The molecule has 0 fully saturated rings. The highest BCUT2D eigenvalue weighted by Gasteiger charge is 2.08. The monoisotopic (exact) mass is 367 g/mol. The number of ether oxygens (including phenoxy) is 1. The number of halogens is 3. The molecule has 24 heavy (non-hydrogen) atoms. The summed E-state index contributed by atoms with van der Waals surface area (Å²) in [5.74, 6) is -1.79. The third-order valence-electron chi connectivity index (χ3n) is 2.85. The van der Waals surface area contributed by atoms with E-state index in [4.69, 9.17) is 27.9 Å². The Balaban J connectivity index is 1.85. The lowest BCUT2D eigenvalue weighted by Crippen LogP contribution is -2.20. The number of carbonyl (C=O) groups excluding carboxylic acids is 2. The second kappa shape index (κ2) is 8.47. The average Bonchev–Trinajstić information content (AvgIpc) is 2.55. The Morgan fingerprint density at radius 2 is 1.92 bits per heavy atom. The minimum Gasteiger partial charge on any atom is -0.452 e. The van der Waals surface area contributed by atoms with E-state index < -0.39 is 24.3 Å². The molecule has 2 aromatic carbocycles. The van der Waals surface area contributed by atoms with Crippen molar-refractivity contribution in [1.29, 1.82) is 0 Å². The van der Waals surface area contributed by atoms with Crippen LogP contribution < -0.4 is 5.32 Å². The van der Waals surface area contributed by atoms with Crippen molar-refractivity contribution >= 4 is 46.8 Å². The van der Waals surface area contributed by atoms with Gasteiger partial charge in [-0.25, -0.2) is 9.18 Å². The average molecular weight is 368 g/mol. The molecule has 0 saturated heterocycles. The number of anilines is 1. The molecule has 0 aliphatic heterocycles. The number of rotatable bonds is 5. The van der Waals surface area contributed by atoms with Crippen LogP contribution in [0.5, 0.6) is 0 Å². The summed E-state index contributed by atoms with van der Waals surface area (Å²) in [6.45, 7) is -0.501. The normalized spacial score (nSPS) is 10.6. The van der Waals surface area contributed by atoms with Gasteiger partial charge in [0.25, 0.3) is 5.91 Å². The lowest BCUT2D eigenvalue weighted by molar-refractivity contribution is -0.142. The van der Waals surface area contributed by atoms with E-state index in [-0.39, 0.29) is 10.6 Å². The number of benzene rings is 2. The maximum Gasteiger partial charge on any atom is 0.331 e. The molecule has 0 bridgehead atoms. The number of nitrogens with one attached hydrogen (secondary N) is 1. The molecule has 1 amide bonds. The zero-order chi connectivity index (χ0) is 17.5. The quantitative estimate of drug-likeness (QED) is 0.632. The summed E-state index contributed by atoms with van der Waals surface area (Å²) in [5.41, 5.74) is 0.593. The first-order valence-corrected chi connectivity index (χ1v) is 7.55. The molecular weight excluding hydrogens is 356 g/mol. The van der Waals surface area contributed by atoms with Crippen LogP contribution in [0.3, 0.4) is 0 Å². The molecule has 0 aliphatic carbocycles. The van der Waals surface area contributed by atoms with E-state index >= 15 is 0 Å². The number of carbonyl (C=O) groups is 2. The number of esters is 1. The van der Waals surface area contributed by atoms with Gasteiger partial charge < -0.3 is 10.1 Å². The molecule has 2 rings (SSSR count). The van der Waals surface area contributed by atoms with Gasteiger partial charge in [-0.2, -0.15) is 0 Å². The van der Waals surface area contributed by atoms with Gasteiger partial charge in [0.2, 0.25) is 0 Å². The fraction of sp³-hybridized carbons (Fsp3) is 0.0588. The smallest absolute Gasteiger partial charge is 0.331 e. The van der Waals surface area contributed by atoms with Crippen molar-refractivity contribution in [3.8, 4) is 0 Å². The van der Waals surface area contributed by atoms with Gasteiger partial charge >= 0.3 is 5.97 Å². The second-order valence-corrected chi connectivity index (χ2v) is 5.48. The summed E-state index contributed by atoms with van der Waals surface area (Å²) >= 11 is 11.7. The molecule has 7 heteroatoms. The lowest BCUT2D eigenvalue weighted by Gasteiger charge is -2.07. The summed E-state index contributed by atoms with van der Waals surface area (Å²) in [5, 5.41) is 3.18.